The molecule has 1 aliphatic heterocycles. The highest BCUT2D eigenvalue weighted by Crippen LogP contribution is 2.35. The molecule has 0 spiro atoms. The minimum atomic E-state index is -4.61. The molecular formula is C21H16BrF4N3O3S. The maximum absolute atomic E-state index is 14.4. The molecule has 2 aromatic carbocycles. The van der Waals surface area contributed by atoms with Crippen molar-refractivity contribution < 1.29 is 26.0 Å². The van der Waals surface area contributed by atoms with Gasteiger partial charge >= 0.3 is 6.18 Å². The maximum atomic E-state index is 14.4. The van der Waals surface area contributed by atoms with Crippen molar-refractivity contribution >= 4 is 43.0 Å². The highest BCUT2D eigenvalue weighted by molar-refractivity contribution is 9.10. The third kappa shape index (κ3) is 4.76. The van der Waals surface area contributed by atoms with Crippen LogP contribution in [0.2, 0.25) is 0 Å². The van der Waals surface area contributed by atoms with E-state index in [4.69, 9.17) is 0 Å². The van der Waals surface area contributed by atoms with Crippen LogP contribution in [0, 0.1) is 5.82 Å². The number of hydrogen-bond donors (Lipinski definition) is 2. The summed E-state index contributed by atoms with van der Waals surface area (Å²) in [5.41, 5.74) is -0.894. The van der Waals surface area contributed by atoms with Crippen LogP contribution in [0.3, 0.4) is 0 Å². The molecule has 2 N–H and O–H groups in total. The Morgan fingerprint density at radius 1 is 1.00 bits per heavy atom. The van der Waals surface area contributed by atoms with Gasteiger partial charge in [0.05, 0.1) is 27.5 Å². The van der Waals surface area contributed by atoms with Gasteiger partial charge in [-0.25, -0.2) is 12.8 Å². The summed E-state index contributed by atoms with van der Waals surface area (Å²) in [4.78, 5) is 12.1. The first-order chi connectivity index (χ1) is 15.5. The Morgan fingerprint density at radius 3 is 2.33 bits per heavy atom. The monoisotopic (exact) mass is 545 g/mol. The van der Waals surface area contributed by atoms with Crippen molar-refractivity contribution in [3.8, 4) is 0 Å². The Balaban J connectivity index is 1.76. The van der Waals surface area contributed by atoms with Gasteiger partial charge in [0, 0.05) is 22.8 Å². The Labute approximate surface area is 194 Å². The van der Waals surface area contributed by atoms with E-state index >= 15 is 0 Å². The minimum Gasteiger partial charge on any atom is -0.351 e. The summed E-state index contributed by atoms with van der Waals surface area (Å²) >= 11 is 3.15. The number of nitrogens with zero attached hydrogens (tertiary/aromatic N) is 1. The van der Waals surface area contributed by atoms with Gasteiger partial charge < -0.3 is 9.88 Å². The second kappa shape index (κ2) is 8.49. The largest absolute Gasteiger partial charge is 0.416 e. The molecule has 4 rings (SSSR count). The predicted molar refractivity (Wildman–Crippen MR) is 119 cm³/mol. The van der Waals surface area contributed by atoms with Gasteiger partial charge in [0.2, 0.25) is 0 Å². The van der Waals surface area contributed by atoms with E-state index in [9.17, 15) is 30.8 Å². The van der Waals surface area contributed by atoms with Crippen molar-refractivity contribution in [1.29, 1.82) is 0 Å². The zero-order chi connectivity index (χ0) is 24.0. The lowest BCUT2D eigenvalue weighted by Gasteiger charge is -2.19. The summed E-state index contributed by atoms with van der Waals surface area (Å²) in [7, 11) is -4.32. The molecule has 2 heterocycles. The van der Waals surface area contributed by atoms with Crippen LogP contribution < -0.4 is 15.6 Å². The van der Waals surface area contributed by atoms with Crippen LogP contribution in [0.4, 0.5) is 34.6 Å². The lowest BCUT2D eigenvalue weighted by molar-refractivity contribution is -0.137. The summed E-state index contributed by atoms with van der Waals surface area (Å²) in [5.74, 6) is -0.637. The summed E-state index contributed by atoms with van der Waals surface area (Å²) in [6.07, 6.45) is -3.62. The molecule has 0 saturated carbocycles. The number of benzene rings is 2. The average molecular weight is 546 g/mol. The highest BCUT2D eigenvalue weighted by atomic mass is 79.9. The molecule has 174 valence electrons. The van der Waals surface area contributed by atoms with E-state index in [1.54, 1.807) is 6.07 Å². The number of pyridine rings is 1. The number of sulfonamides is 1. The van der Waals surface area contributed by atoms with E-state index in [0.29, 0.717) is 41.7 Å². The number of aromatic nitrogens is 1. The van der Waals surface area contributed by atoms with Crippen LogP contribution in [0.25, 0.3) is 0 Å². The third-order valence-corrected chi connectivity index (χ3v) is 7.00. The first-order valence-electron chi connectivity index (χ1n) is 9.64. The number of anilines is 3. The molecule has 1 aromatic heterocycles. The third-order valence-electron chi connectivity index (χ3n) is 5.14. The number of rotatable bonds is 5. The zero-order valence-corrected chi connectivity index (χ0v) is 19.1. The molecule has 0 radical (unpaired) electrons. The molecule has 33 heavy (non-hydrogen) atoms. The second-order valence-corrected chi connectivity index (χ2v) is 9.95. The average Bonchev–Trinajstić information content (AvgIpc) is 3.23. The summed E-state index contributed by atoms with van der Waals surface area (Å²) < 4.78 is 83.1. The van der Waals surface area contributed by atoms with Crippen LogP contribution in [-0.4, -0.2) is 13.0 Å². The lowest BCUT2D eigenvalue weighted by Crippen LogP contribution is -2.23. The number of alkyl halides is 3. The maximum Gasteiger partial charge on any atom is 0.416 e. The topological polar surface area (TPSA) is 80.2 Å². The van der Waals surface area contributed by atoms with E-state index in [1.807, 2.05) is 0 Å². The first kappa shape index (κ1) is 23.3. The molecule has 0 bridgehead atoms. The van der Waals surface area contributed by atoms with E-state index in [1.165, 1.54) is 16.7 Å². The molecule has 0 aliphatic carbocycles. The van der Waals surface area contributed by atoms with Crippen molar-refractivity contribution in [1.82, 2.24) is 4.57 Å². The number of nitrogens with one attached hydrogen (secondary N) is 2. The fraction of sp³-hybridized carbons (Fsp3) is 0.190. The first-order valence-corrected chi connectivity index (χ1v) is 11.9. The van der Waals surface area contributed by atoms with Gasteiger partial charge in [-0.15, -0.1) is 0 Å². The van der Waals surface area contributed by atoms with Crippen molar-refractivity contribution in [3.05, 3.63) is 80.4 Å². The van der Waals surface area contributed by atoms with Crippen LogP contribution in [0.1, 0.15) is 17.7 Å². The van der Waals surface area contributed by atoms with E-state index in [0.717, 1.165) is 18.2 Å². The zero-order valence-electron chi connectivity index (χ0n) is 16.7. The van der Waals surface area contributed by atoms with Crippen LogP contribution >= 0.6 is 15.9 Å². The van der Waals surface area contributed by atoms with Crippen molar-refractivity contribution in [2.45, 2.75) is 30.5 Å². The quantitative estimate of drug-likeness (QED) is 0.428. The predicted octanol–water partition coefficient (Wildman–Crippen LogP) is 5.26. The Kier molecular flexibility index (Phi) is 5.99. The fourth-order valence-corrected chi connectivity index (χ4v) is 5.01. The van der Waals surface area contributed by atoms with Gasteiger partial charge in [0.25, 0.3) is 15.6 Å². The van der Waals surface area contributed by atoms with Gasteiger partial charge in [0.15, 0.2) is 0 Å². The summed E-state index contributed by atoms with van der Waals surface area (Å²) in [5, 5.41) is 2.76. The van der Waals surface area contributed by atoms with Crippen LogP contribution in [0.15, 0.2) is 62.7 Å². The molecule has 12 heteroatoms. The number of halogens is 5. The van der Waals surface area contributed by atoms with E-state index < -0.39 is 27.6 Å². The standard InChI is InChI=1S/C21H16BrF4N3O3S/c22-13-5-8-16(15(23)10-13)27-17-11-19(30)29-9-1-2-18(29)20(17)28-33(31,32)14-6-3-12(4-7-14)21(24,25)26/h3-8,10-11,27-28H,1-2,9H2. The molecule has 0 saturated heterocycles. The number of hydrogen-bond acceptors (Lipinski definition) is 4. The van der Waals surface area contributed by atoms with Gasteiger partial charge in [-0.2, -0.15) is 13.2 Å². The SMILES string of the molecule is O=c1cc(Nc2ccc(Br)cc2F)c(NS(=O)(=O)c2ccc(C(F)(F)F)cc2)c2n1CCC2. The van der Waals surface area contributed by atoms with Crippen molar-refractivity contribution in [3.63, 3.8) is 0 Å². The van der Waals surface area contributed by atoms with Gasteiger partial charge in [-0.1, -0.05) is 15.9 Å². The molecule has 0 amide bonds. The van der Waals surface area contributed by atoms with Gasteiger partial charge in [0.1, 0.15) is 5.82 Å². The Hall–Kier alpha value is -2.86. The van der Waals surface area contributed by atoms with E-state index in [2.05, 4.69) is 26.0 Å². The van der Waals surface area contributed by atoms with Gasteiger partial charge in [-0.3, -0.25) is 9.52 Å². The second-order valence-electron chi connectivity index (χ2n) is 7.35. The lowest BCUT2D eigenvalue weighted by atomic mass is 10.2. The summed E-state index contributed by atoms with van der Waals surface area (Å²) in [6, 6.07) is 8.38. The fourth-order valence-electron chi connectivity index (χ4n) is 3.57. The molecule has 1 aliphatic rings. The van der Waals surface area contributed by atoms with E-state index in [-0.39, 0.29) is 27.5 Å². The van der Waals surface area contributed by atoms with Crippen LogP contribution in [-0.2, 0) is 29.2 Å². The minimum absolute atomic E-state index is 0.00975. The molecule has 3 aromatic rings. The number of fused-ring (bicyclic) bond motifs is 1. The summed E-state index contributed by atoms with van der Waals surface area (Å²) in [6.45, 7) is 0.385. The van der Waals surface area contributed by atoms with Crippen molar-refractivity contribution in [2.75, 3.05) is 10.0 Å². The van der Waals surface area contributed by atoms with Gasteiger partial charge in [-0.05, 0) is 55.3 Å². The molecule has 0 unspecified atom stereocenters. The Bertz CT molecular complexity index is 1390. The molecule has 6 nitrogen and oxygen atoms in total. The van der Waals surface area contributed by atoms with Crippen molar-refractivity contribution in [2.24, 2.45) is 0 Å². The van der Waals surface area contributed by atoms with Crippen LogP contribution in [0.5, 0.6) is 0 Å². The Morgan fingerprint density at radius 2 is 1.70 bits per heavy atom. The smallest absolute Gasteiger partial charge is 0.351 e. The molecular weight excluding hydrogens is 530 g/mol. The molecule has 0 atom stereocenters. The molecule has 0 fully saturated rings. The highest BCUT2D eigenvalue weighted by Gasteiger charge is 2.31. The normalized spacial score (nSPS) is 13.6.